The Labute approximate surface area is 193 Å². The molecule has 0 heterocycles. The molecule has 0 aliphatic heterocycles. The summed E-state index contributed by atoms with van der Waals surface area (Å²) in [7, 11) is 1.61. The molecule has 0 spiro atoms. The van der Waals surface area contributed by atoms with E-state index in [9.17, 15) is 9.59 Å². The standard InChI is InChI=1S/C24H31BrN2O4/c1-5-17-10-13-22(20(25)14-17)31-16-23(28)27(21(6-2)24(29)26-7-3)15-18-8-11-19(30-4)12-9-18/h8-14,21H,5-7,15-16H2,1-4H3,(H,26,29)/t21-/m0/s1. The summed E-state index contributed by atoms with van der Waals surface area (Å²) >= 11 is 3.50. The van der Waals surface area contributed by atoms with Crippen LogP contribution in [0.4, 0.5) is 0 Å². The number of nitrogens with zero attached hydrogens (tertiary/aromatic N) is 1. The Hall–Kier alpha value is -2.54. The summed E-state index contributed by atoms with van der Waals surface area (Å²) in [6.45, 7) is 6.49. The molecule has 0 aromatic heterocycles. The van der Waals surface area contributed by atoms with Crippen LogP contribution in [0, 0.1) is 0 Å². The molecule has 2 amide bonds. The van der Waals surface area contributed by atoms with Crippen molar-refractivity contribution in [2.24, 2.45) is 0 Å². The third-order valence-electron chi connectivity index (χ3n) is 5.00. The van der Waals surface area contributed by atoms with Gasteiger partial charge in [-0.3, -0.25) is 9.59 Å². The van der Waals surface area contributed by atoms with E-state index in [1.807, 2.05) is 56.3 Å². The van der Waals surface area contributed by atoms with Crippen LogP contribution in [0.2, 0.25) is 0 Å². The predicted octanol–water partition coefficient (Wildman–Crippen LogP) is 4.34. The van der Waals surface area contributed by atoms with Crippen molar-refractivity contribution in [3.8, 4) is 11.5 Å². The van der Waals surface area contributed by atoms with E-state index in [1.165, 1.54) is 5.56 Å². The van der Waals surface area contributed by atoms with E-state index < -0.39 is 6.04 Å². The summed E-state index contributed by atoms with van der Waals surface area (Å²) in [4.78, 5) is 27.4. The van der Waals surface area contributed by atoms with Crippen molar-refractivity contribution in [1.82, 2.24) is 10.2 Å². The minimum absolute atomic E-state index is 0.157. The number of halogens is 1. The smallest absolute Gasteiger partial charge is 0.261 e. The summed E-state index contributed by atoms with van der Waals surface area (Å²) in [6, 6.07) is 12.7. The Balaban J connectivity index is 2.20. The Morgan fingerprint density at radius 3 is 2.29 bits per heavy atom. The Morgan fingerprint density at radius 1 is 1.06 bits per heavy atom. The van der Waals surface area contributed by atoms with Gasteiger partial charge in [0.05, 0.1) is 11.6 Å². The number of nitrogens with one attached hydrogen (secondary N) is 1. The molecule has 6 nitrogen and oxygen atoms in total. The van der Waals surface area contributed by atoms with E-state index in [0.29, 0.717) is 25.3 Å². The maximum absolute atomic E-state index is 13.2. The fourth-order valence-corrected chi connectivity index (χ4v) is 3.78. The van der Waals surface area contributed by atoms with Crippen molar-refractivity contribution in [3.05, 3.63) is 58.1 Å². The van der Waals surface area contributed by atoms with Gasteiger partial charge < -0.3 is 19.7 Å². The number of benzene rings is 2. The van der Waals surface area contributed by atoms with E-state index >= 15 is 0 Å². The number of likely N-dealkylation sites (N-methyl/N-ethyl adjacent to an activating group) is 1. The van der Waals surface area contributed by atoms with Crippen molar-refractivity contribution in [1.29, 1.82) is 0 Å². The third-order valence-corrected chi connectivity index (χ3v) is 5.62. The largest absolute Gasteiger partial charge is 0.497 e. The van der Waals surface area contributed by atoms with E-state index in [1.54, 1.807) is 12.0 Å². The molecule has 31 heavy (non-hydrogen) atoms. The maximum Gasteiger partial charge on any atom is 0.261 e. The van der Waals surface area contributed by atoms with E-state index in [4.69, 9.17) is 9.47 Å². The fourth-order valence-electron chi connectivity index (χ4n) is 3.24. The van der Waals surface area contributed by atoms with Crippen molar-refractivity contribution < 1.29 is 19.1 Å². The third kappa shape index (κ3) is 6.99. The average molecular weight is 491 g/mol. The molecule has 0 saturated carbocycles. The second-order valence-corrected chi connectivity index (χ2v) is 7.95. The Kier molecular flexibility index (Phi) is 9.85. The molecular weight excluding hydrogens is 460 g/mol. The van der Waals surface area contributed by atoms with E-state index in [0.717, 1.165) is 22.2 Å². The van der Waals surface area contributed by atoms with E-state index in [2.05, 4.69) is 28.2 Å². The second kappa shape index (κ2) is 12.3. The lowest BCUT2D eigenvalue weighted by Crippen LogP contribution is -2.50. The first-order valence-corrected chi connectivity index (χ1v) is 11.3. The quantitative estimate of drug-likeness (QED) is 0.508. The number of carbonyl (C=O) groups is 2. The van der Waals surface area contributed by atoms with Crippen LogP contribution >= 0.6 is 15.9 Å². The van der Waals surface area contributed by atoms with Gasteiger partial charge in [0.1, 0.15) is 17.5 Å². The number of ether oxygens (including phenoxy) is 2. The molecule has 7 heteroatoms. The van der Waals surface area contributed by atoms with E-state index in [-0.39, 0.29) is 18.4 Å². The minimum atomic E-state index is -0.580. The van der Waals surface area contributed by atoms with Crippen LogP contribution in [0.5, 0.6) is 11.5 Å². The summed E-state index contributed by atoms with van der Waals surface area (Å²) < 4.78 is 11.8. The van der Waals surface area contributed by atoms with Gasteiger partial charge in [-0.1, -0.05) is 32.0 Å². The molecule has 0 unspecified atom stereocenters. The number of rotatable bonds is 11. The average Bonchev–Trinajstić information content (AvgIpc) is 2.78. The van der Waals surface area contributed by atoms with Gasteiger partial charge in [-0.05, 0) is 71.1 Å². The summed E-state index contributed by atoms with van der Waals surface area (Å²) in [5.74, 6) is 0.919. The minimum Gasteiger partial charge on any atom is -0.497 e. The number of amides is 2. The zero-order chi connectivity index (χ0) is 22.8. The number of methoxy groups -OCH3 is 1. The van der Waals surface area contributed by atoms with Crippen LogP contribution in [0.25, 0.3) is 0 Å². The number of hydrogen-bond donors (Lipinski definition) is 1. The van der Waals surface area contributed by atoms with Crippen molar-refractivity contribution >= 4 is 27.7 Å². The van der Waals surface area contributed by atoms with Gasteiger partial charge in [-0.2, -0.15) is 0 Å². The van der Waals surface area contributed by atoms with Crippen LogP contribution < -0.4 is 14.8 Å². The molecule has 168 valence electrons. The Morgan fingerprint density at radius 2 is 1.74 bits per heavy atom. The highest BCUT2D eigenvalue weighted by Crippen LogP contribution is 2.26. The van der Waals surface area contributed by atoms with Gasteiger partial charge in [-0.25, -0.2) is 0 Å². The fraction of sp³-hybridized carbons (Fsp3) is 0.417. The Bertz CT molecular complexity index is 870. The number of aryl methyl sites for hydroxylation is 1. The van der Waals surface area contributed by atoms with Gasteiger partial charge >= 0.3 is 0 Å². The molecule has 0 radical (unpaired) electrons. The van der Waals surface area contributed by atoms with Gasteiger partial charge in [0.25, 0.3) is 5.91 Å². The lowest BCUT2D eigenvalue weighted by molar-refractivity contribution is -0.142. The normalized spacial score (nSPS) is 11.5. The monoisotopic (exact) mass is 490 g/mol. The number of hydrogen-bond acceptors (Lipinski definition) is 4. The highest BCUT2D eigenvalue weighted by Gasteiger charge is 2.28. The molecule has 0 aliphatic carbocycles. The first kappa shape index (κ1) is 24.7. The molecule has 2 aromatic rings. The molecule has 0 saturated heterocycles. The lowest BCUT2D eigenvalue weighted by Gasteiger charge is -2.30. The van der Waals surface area contributed by atoms with Crippen molar-refractivity contribution in [2.75, 3.05) is 20.3 Å². The molecule has 0 aliphatic rings. The van der Waals surface area contributed by atoms with Crippen LogP contribution in [-0.4, -0.2) is 43.0 Å². The van der Waals surface area contributed by atoms with Crippen LogP contribution in [0.15, 0.2) is 46.9 Å². The number of carbonyl (C=O) groups excluding carboxylic acids is 2. The molecule has 2 aromatic carbocycles. The predicted molar refractivity (Wildman–Crippen MR) is 125 cm³/mol. The first-order valence-electron chi connectivity index (χ1n) is 10.5. The van der Waals surface area contributed by atoms with Gasteiger partial charge in [0, 0.05) is 13.1 Å². The SMILES string of the molecule is CCNC(=O)[C@H](CC)N(Cc1ccc(OC)cc1)C(=O)COc1ccc(CC)cc1Br. The summed E-state index contributed by atoms with van der Waals surface area (Å²) in [5.41, 5.74) is 2.08. The molecule has 1 N–H and O–H groups in total. The first-order chi connectivity index (χ1) is 14.9. The summed E-state index contributed by atoms with van der Waals surface area (Å²) in [6.07, 6.45) is 1.42. The molecule has 2 rings (SSSR count). The van der Waals surface area contributed by atoms with Crippen molar-refractivity contribution in [2.45, 2.75) is 46.2 Å². The highest BCUT2D eigenvalue weighted by atomic mass is 79.9. The maximum atomic E-state index is 13.2. The van der Waals surface area contributed by atoms with Crippen LogP contribution in [0.3, 0.4) is 0 Å². The van der Waals surface area contributed by atoms with Gasteiger partial charge in [-0.15, -0.1) is 0 Å². The zero-order valence-corrected chi connectivity index (χ0v) is 20.2. The van der Waals surface area contributed by atoms with Gasteiger partial charge in [0.15, 0.2) is 6.61 Å². The molecule has 1 atom stereocenters. The zero-order valence-electron chi connectivity index (χ0n) is 18.6. The van der Waals surface area contributed by atoms with Crippen LogP contribution in [-0.2, 0) is 22.6 Å². The summed E-state index contributed by atoms with van der Waals surface area (Å²) in [5, 5.41) is 2.83. The van der Waals surface area contributed by atoms with Crippen LogP contribution in [0.1, 0.15) is 38.3 Å². The lowest BCUT2D eigenvalue weighted by atomic mass is 10.1. The van der Waals surface area contributed by atoms with Gasteiger partial charge in [0.2, 0.25) is 5.91 Å². The topological polar surface area (TPSA) is 67.9 Å². The van der Waals surface area contributed by atoms with Crippen molar-refractivity contribution in [3.63, 3.8) is 0 Å². The molecule has 0 fully saturated rings. The highest BCUT2D eigenvalue weighted by molar-refractivity contribution is 9.10. The molecular formula is C24H31BrN2O4. The second-order valence-electron chi connectivity index (χ2n) is 7.10. The molecule has 0 bridgehead atoms.